The van der Waals surface area contributed by atoms with E-state index in [0.29, 0.717) is 36.6 Å². The van der Waals surface area contributed by atoms with Gasteiger partial charge >= 0.3 is 0 Å². The summed E-state index contributed by atoms with van der Waals surface area (Å²) in [6.07, 6.45) is 4.76. The SMILES string of the molecule is Cc1ccc(C2CC2COc2cc(NCc3cnn(C)c3N(C)C)c(=O)n(C)n2)nc1. The van der Waals surface area contributed by atoms with Gasteiger partial charge in [0.25, 0.3) is 5.56 Å². The molecular weight excluding hydrogens is 394 g/mol. The summed E-state index contributed by atoms with van der Waals surface area (Å²) in [5.41, 5.74) is 3.53. The smallest absolute Gasteiger partial charge is 0.290 e. The van der Waals surface area contributed by atoms with Gasteiger partial charge in [-0.3, -0.25) is 14.5 Å². The first-order valence-electron chi connectivity index (χ1n) is 10.4. The van der Waals surface area contributed by atoms with Crippen molar-refractivity contribution in [2.75, 3.05) is 30.9 Å². The highest BCUT2D eigenvalue weighted by atomic mass is 16.5. The fraction of sp³-hybridized carbons (Fsp3) is 0.455. The Bertz CT molecular complexity index is 1120. The maximum absolute atomic E-state index is 12.5. The topological polar surface area (TPSA) is 90.1 Å². The average Bonchev–Trinajstić information content (AvgIpc) is 3.41. The van der Waals surface area contributed by atoms with Crippen LogP contribution in [0.5, 0.6) is 5.88 Å². The van der Waals surface area contributed by atoms with Crippen molar-refractivity contribution in [3.05, 3.63) is 57.8 Å². The van der Waals surface area contributed by atoms with Crippen molar-refractivity contribution in [3.63, 3.8) is 0 Å². The molecule has 1 aliphatic carbocycles. The maximum atomic E-state index is 12.5. The summed E-state index contributed by atoms with van der Waals surface area (Å²) in [6, 6.07) is 5.86. The Morgan fingerprint density at radius 2 is 2.03 bits per heavy atom. The van der Waals surface area contributed by atoms with Crippen LogP contribution >= 0.6 is 0 Å². The zero-order valence-corrected chi connectivity index (χ0v) is 18.7. The van der Waals surface area contributed by atoms with Crippen LogP contribution in [-0.2, 0) is 20.6 Å². The molecule has 1 aliphatic rings. The lowest BCUT2D eigenvalue weighted by Crippen LogP contribution is -2.24. The third kappa shape index (κ3) is 4.55. The lowest BCUT2D eigenvalue weighted by atomic mass is 10.2. The molecule has 1 N–H and O–H groups in total. The van der Waals surface area contributed by atoms with Gasteiger partial charge < -0.3 is 15.0 Å². The number of hydrogen-bond acceptors (Lipinski definition) is 7. The Labute approximate surface area is 181 Å². The minimum atomic E-state index is -0.198. The van der Waals surface area contributed by atoms with Crippen LogP contribution in [0.15, 0.2) is 35.4 Å². The zero-order valence-electron chi connectivity index (χ0n) is 18.7. The Hall–Kier alpha value is -3.36. The molecule has 4 rings (SSSR count). The summed E-state index contributed by atoms with van der Waals surface area (Å²) in [4.78, 5) is 19.0. The first kappa shape index (κ1) is 20.9. The van der Waals surface area contributed by atoms with Crippen molar-refractivity contribution in [2.24, 2.45) is 20.0 Å². The van der Waals surface area contributed by atoms with Gasteiger partial charge in [-0.1, -0.05) is 6.07 Å². The van der Waals surface area contributed by atoms with Crippen LogP contribution in [0.25, 0.3) is 0 Å². The molecule has 31 heavy (non-hydrogen) atoms. The predicted octanol–water partition coefficient (Wildman–Crippen LogP) is 2.08. The third-order valence-electron chi connectivity index (χ3n) is 5.60. The maximum Gasteiger partial charge on any atom is 0.290 e. The van der Waals surface area contributed by atoms with E-state index in [2.05, 4.69) is 32.6 Å². The van der Waals surface area contributed by atoms with Crippen molar-refractivity contribution in [1.29, 1.82) is 0 Å². The summed E-state index contributed by atoms with van der Waals surface area (Å²) in [5, 5.41) is 11.8. The van der Waals surface area contributed by atoms with Crippen molar-refractivity contribution in [3.8, 4) is 5.88 Å². The molecule has 2 unspecified atom stereocenters. The number of rotatable bonds is 8. The quantitative estimate of drug-likeness (QED) is 0.593. The predicted molar refractivity (Wildman–Crippen MR) is 120 cm³/mol. The highest BCUT2D eigenvalue weighted by molar-refractivity contribution is 5.49. The number of aromatic nitrogens is 5. The molecule has 164 valence electrons. The molecule has 0 saturated heterocycles. The van der Waals surface area contributed by atoms with E-state index in [1.807, 2.05) is 43.8 Å². The van der Waals surface area contributed by atoms with Crippen LogP contribution in [0.4, 0.5) is 11.5 Å². The molecule has 0 spiro atoms. The number of ether oxygens (including phenoxy) is 1. The number of anilines is 2. The summed E-state index contributed by atoms with van der Waals surface area (Å²) < 4.78 is 9.05. The Kier molecular flexibility index (Phi) is 5.67. The molecule has 9 heteroatoms. The fourth-order valence-corrected chi connectivity index (χ4v) is 3.83. The molecule has 3 heterocycles. The molecule has 1 saturated carbocycles. The molecule has 0 aromatic carbocycles. The highest BCUT2D eigenvalue weighted by Gasteiger charge is 2.40. The second kappa shape index (κ2) is 8.41. The van der Waals surface area contributed by atoms with E-state index in [1.165, 1.54) is 4.68 Å². The van der Waals surface area contributed by atoms with Gasteiger partial charge in [0.15, 0.2) is 0 Å². The van der Waals surface area contributed by atoms with E-state index >= 15 is 0 Å². The van der Waals surface area contributed by atoms with Gasteiger partial charge in [-0.15, -0.1) is 5.10 Å². The summed E-state index contributed by atoms with van der Waals surface area (Å²) >= 11 is 0. The van der Waals surface area contributed by atoms with Crippen molar-refractivity contribution in [1.82, 2.24) is 24.5 Å². The van der Waals surface area contributed by atoms with Crippen LogP contribution in [0.3, 0.4) is 0 Å². The second-order valence-electron chi connectivity index (χ2n) is 8.36. The molecule has 3 aromatic rings. The Balaban J connectivity index is 1.40. The van der Waals surface area contributed by atoms with Gasteiger partial charge in [-0.05, 0) is 25.0 Å². The molecule has 0 bridgehead atoms. The first-order valence-corrected chi connectivity index (χ1v) is 10.4. The van der Waals surface area contributed by atoms with Crippen LogP contribution in [0, 0.1) is 12.8 Å². The van der Waals surface area contributed by atoms with E-state index in [-0.39, 0.29) is 5.56 Å². The van der Waals surface area contributed by atoms with Gasteiger partial charge in [-0.25, -0.2) is 4.68 Å². The van der Waals surface area contributed by atoms with E-state index in [4.69, 9.17) is 4.74 Å². The molecular formula is C22H29N7O2. The third-order valence-corrected chi connectivity index (χ3v) is 5.60. The van der Waals surface area contributed by atoms with E-state index in [0.717, 1.165) is 29.1 Å². The molecule has 9 nitrogen and oxygen atoms in total. The molecule has 0 aliphatic heterocycles. The van der Waals surface area contributed by atoms with Crippen LogP contribution in [0.1, 0.15) is 29.2 Å². The van der Waals surface area contributed by atoms with Gasteiger partial charge in [0.1, 0.15) is 11.5 Å². The van der Waals surface area contributed by atoms with Crippen molar-refractivity contribution >= 4 is 11.5 Å². The fourth-order valence-electron chi connectivity index (χ4n) is 3.83. The van der Waals surface area contributed by atoms with E-state index in [9.17, 15) is 4.79 Å². The minimum Gasteiger partial charge on any atom is -0.476 e. The number of aryl methyl sites for hydroxylation is 3. The number of pyridine rings is 1. The summed E-state index contributed by atoms with van der Waals surface area (Å²) in [6.45, 7) is 3.07. The zero-order chi connectivity index (χ0) is 22.1. The highest BCUT2D eigenvalue weighted by Crippen LogP contribution is 2.46. The average molecular weight is 424 g/mol. The molecule has 2 atom stereocenters. The number of nitrogens with zero attached hydrogens (tertiary/aromatic N) is 6. The Morgan fingerprint density at radius 1 is 1.23 bits per heavy atom. The standard InChI is InChI=1S/C22H29N7O2/c1-14-6-7-18(23-10-14)17-8-15(17)13-31-20-9-19(22(30)29(5)26-20)24-11-16-12-25-28(4)21(16)27(2)3/h6-7,9-10,12,15,17,24H,8,11,13H2,1-5H3. The van der Waals surface area contributed by atoms with Gasteiger partial charge in [0, 0.05) is 70.1 Å². The lowest BCUT2D eigenvalue weighted by molar-refractivity contribution is 0.278. The van der Waals surface area contributed by atoms with E-state index < -0.39 is 0 Å². The van der Waals surface area contributed by atoms with Crippen molar-refractivity contribution < 1.29 is 4.74 Å². The number of nitrogens with one attached hydrogen (secondary N) is 1. The summed E-state index contributed by atoms with van der Waals surface area (Å²) in [7, 11) is 7.46. The van der Waals surface area contributed by atoms with E-state index in [1.54, 1.807) is 19.3 Å². The lowest BCUT2D eigenvalue weighted by Gasteiger charge is -2.16. The molecule has 1 fully saturated rings. The minimum absolute atomic E-state index is 0.198. The largest absolute Gasteiger partial charge is 0.476 e. The first-order chi connectivity index (χ1) is 14.8. The van der Waals surface area contributed by atoms with Crippen LogP contribution in [0.2, 0.25) is 0 Å². The summed E-state index contributed by atoms with van der Waals surface area (Å²) in [5.74, 6) is 2.27. The van der Waals surface area contributed by atoms with Gasteiger partial charge in [0.2, 0.25) is 5.88 Å². The van der Waals surface area contributed by atoms with Crippen LogP contribution < -0.4 is 20.5 Å². The van der Waals surface area contributed by atoms with Gasteiger partial charge in [-0.2, -0.15) is 5.10 Å². The number of hydrogen-bond donors (Lipinski definition) is 1. The van der Waals surface area contributed by atoms with Gasteiger partial charge in [0.05, 0.1) is 12.8 Å². The molecule has 0 radical (unpaired) electrons. The monoisotopic (exact) mass is 423 g/mol. The second-order valence-corrected chi connectivity index (χ2v) is 8.36. The normalized spacial score (nSPS) is 17.5. The Morgan fingerprint density at radius 3 is 2.74 bits per heavy atom. The van der Waals surface area contributed by atoms with Crippen LogP contribution in [-0.4, -0.2) is 45.2 Å². The van der Waals surface area contributed by atoms with Crippen molar-refractivity contribution in [2.45, 2.75) is 25.8 Å². The molecule has 3 aromatic heterocycles. The molecule has 0 amide bonds.